The van der Waals surface area contributed by atoms with Crippen LogP contribution in [0, 0.1) is 5.82 Å². The number of nitrogens with zero attached hydrogens (tertiary/aromatic N) is 3. The molecule has 1 atom stereocenters. The molecule has 0 radical (unpaired) electrons. The first-order chi connectivity index (χ1) is 13.1. The number of alkyl halides is 1. The van der Waals surface area contributed by atoms with E-state index in [1.807, 2.05) is 0 Å². The number of aromatic nitrogens is 2. The Labute approximate surface area is 153 Å². The lowest BCUT2D eigenvalue weighted by Crippen LogP contribution is -2.16. The van der Waals surface area contributed by atoms with Gasteiger partial charge in [0.25, 0.3) is 11.9 Å². The summed E-state index contributed by atoms with van der Waals surface area (Å²) in [7, 11) is 0. The Hall–Kier alpha value is -3.30. The second-order valence-corrected chi connectivity index (χ2v) is 5.66. The van der Waals surface area contributed by atoms with E-state index in [1.165, 1.54) is 18.2 Å². The molecule has 0 aliphatic carbocycles. The van der Waals surface area contributed by atoms with Crippen LogP contribution in [0.2, 0.25) is 0 Å². The van der Waals surface area contributed by atoms with Crippen molar-refractivity contribution in [1.82, 2.24) is 9.97 Å². The van der Waals surface area contributed by atoms with Crippen molar-refractivity contribution < 1.29 is 23.0 Å². The van der Waals surface area contributed by atoms with Crippen LogP contribution < -0.4 is 15.8 Å². The number of anilines is 1. The van der Waals surface area contributed by atoms with Crippen LogP contribution >= 0.6 is 0 Å². The minimum atomic E-state index is -1.04. The summed E-state index contributed by atoms with van der Waals surface area (Å²) in [4.78, 5) is 24.1. The number of nitrogens with two attached hydrogens (primary N) is 1. The first-order valence-electron chi connectivity index (χ1n) is 8.14. The third-order valence-corrected chi connectivity index (χ3v) is 3.83. The fourth-order valence-corrected chi connectivity index (χ4v) is 2.57. The van der Waals surface area contributed by atoms with Crippen LogP contribution in [0.25, 0.3) is 0 Å². The van der Waals surface area contributed by atoms with Crippen molar-refractivity contribution in [3.63, 3.8) is 0 Å². The molecular formula is C17H17F2N5O3. The van der Waals surface area contributed by atoms with Crippen molar-refractivity contribution >= 4 is 17.6 Å². The van der Waals surface area contributed by atoms with Gasteiger partial charge in [-0.15, -0.1) is 0 Å². The Balaban J connectivity index is 1.77. The number of aliphatic imine (C=N–C) groups is 1. The van der Waals surface area contributed by atoms with E-state index in [4.69, 9.17) is 10.5 Å². The lowest BCUT2D eigenvalue weighted by molar-refractivity contribution is 0.102. The maximum Gasteiger partial charge on any atom is 0.282 e. The Kier molecular flexibility index (Phi) is 5.74. The molecule has 8 nitrogen and oxygen atoms in total. The average Bonchev–Trinajstić information content (AvgIpc) is 2.88. The van der Waals surface area contributed by atoms with Gasteiger partial charge in [-0.25, -0.2) is 23.7 Å². The normalized spacial score (nSPS) is 16.7. The third-order valence-electron chi connectivity index (χ3n) is 3.83. The number of carbonyl (C=O) groups excluding carboxylic acids is 1. The quantitative estimate of drug-likeness (QED) is 0.827. The van der Waals surface area contributed by atoms with E-state index >= 15 is 0 Å². The van der Waals surface area contributed by atoms with Crippen LogP contribution in [0.3, 0.4) is 0 Å². The van der Waals surface area contributed by atoms with Gasteiger partial charge in [0.15, 0.2) is 0 Å². The van der Waals surface area contributed by atoms with Gasteiger partial charge in [-0.3, -0.25) is 4.79 Å². The summed E-state index contributed by atoms with van der Waals surface area (Å²) in [5.41, 5.74) is 6.29. The number of amides is 1. The number of ether oxygens (including phenoxy) is 2. The molecule has 1 aliphatic rings. The molecule has 10 heteroatoms. The minimum Gasteiger partial charge on any atom is -0.465 e. The maximum atomic E-state index is 14.3. The van der Waals surface area contributed by atoms with E-state index in [2.05, 4.69) is 25.0 Å². The predicted molar refractivity (Wildman–Crippen MR) is 92.5 cm³/mol. The van der Waals surface area contributed by atoms with Gasteiger partial charge in [-0.05, 0) is 31.0 Å². The number of hydrogen-bond acceptors (Lipinski definition) is 7. The molecule has 0 bridgehead atoms. The first-order valence-corrected chi connectivity index (χ1v) is 8.14. The van der Waals surface area contributed by atoms with Crippen LogP contribution in [-0.2, 0) is 4.74 Å². The van der Waals surface area contributed by atoms with Gasteiger partial charge < -0.3 is 20.5 Å². The molecule has 1 aliphatic heterocycles. The van der Waals surface area contributed by atoms with Gasteiger partial charge in [0, 0.05) is 11.3 Å². The minimum absolute atomic E-state index is 0.00258. The monoisotopic (exact) mass is 377 g/mol. The van der Waals surface area contributed by atoms with Crippen LogP contribution in [0.4, 0.5) is 14.5 Å². The van der Waals surface area contributed by atoms with E-state index in [1.54, 1.807) is 0 Å². The molecule has 1 aromatic carbocycles. The summed E-state index contributed by atoms with van der Waals surface area (Å²) < 4.78 is 36.0. The van der Waals surface area contributed by atoms with Crippen molar-refractivity contribution in [2.75, 3.05) is 18.8 Å². The topological polar surface area (TPSA) is 112 Å². The summed E-state index contributed by atoms with van der Waals surface area (Å²) in [6.45, 7) is -0.623. The molecule has 27 heavy (non-hydrogen) atoms. The Morgan fingerprint density at radius 2 is 2.22 bits per heavy atom. The highest BCUT2D eigenvalue weighted by atomic mass is 19.1. The molecule has 0 spiro atoms. The van der Waals surface area contributed by atoms with E-state index in [-0.39, 0.29) is 17.6 Å². The van der Waals surface area contributed by atoms with Crippen LogP contribution in [0.1, 0.15) is 34.9 Å². The van der Waals surface area contributed by atoms with Crippen molar-refractivity contribution in [3.8, 4) is 5.88 Å². The smallest absolute Gasteiger partial charge is 0.282 e. The largest absolute Gasteiger partial charge is 0.465 e. The summed E-state index contributed by atoms with van der Waals surface area (Å²) in [5, 5.41) is 2.61. The third kappa shape index (κ3) is 4.66. The zero-order valence-electron chi connectivity index (χ0n) is 14.2. The first kappa shape index (κ1) is 18.5. The Bertz CT molecular complexity index is 845. The van der Waals surface area contributed by atoms with E-state index in [0.717, 1.165) is 12.4 Å². The van der Waals surface area contributed by atoms with E-state index in [0.29, 0.717) is 30.7 Å². The molecule has 0 saturated heterocycles. The number of halogens is 2. The molecule has 0 fully saturated rings. The van der Waals surface area contributed by atoms with E-state index < -0.39 is 24.6 Å². The molecule has 1 amide bonds. The highest BCUT2D eigenvalue weighted by Crippen LogP contribution is 2.29. The lowest BCUT2D eigenvalue weighted by Gasteiger charge is -2.13. The second kappa shape index (κ2) is 8.39. The highest BCUT2D eigenvalue weighted by Gasteiger charge is 2.19. The van der Waals surface area contributed by atoms with Gasteiger partial charge in [0.05, 0.1) is 25.0 Å². The number of rotatable bonds is 5. The van der Waals surface area contributed by atoms with Crippen molar-refractivity contribution in [2.45, 2.75) is 18.9 Å². The zero-order chi connectivity index (χ0) is 19.2. The predicted octanol–water partition coefficient (Wildman–Crippen LogP) is 2.34. The summed E-state index contributed by atoms with van der Waals surface area (Å²) >= 11 is 0. The SMILES string of the molecule is NC1=N[C@H](c2cc(NC(=O)c3cnc(OCF)cn3)ccc2F)CCCO1. The van der Waals surface area contributed by atoms with Gasteiger partial charge in [0.2, 0.25) is 12.7 Å². The molecule has 0 unspecified atom stereocenters. The number of carbonyl (C=O) groups is 1. The Morgan fingerprint density at radius 3 is 2.96 bits per heavy atom. The number of amidine groups is 1. The molecular weight excluding hydrogens is 360 g/mol. The summed E-state index contributed by atoms with van der Waals surface area (Å²) in [6.07, 6.45) is 3.52. The molecule has 1 aromatic heterocycles. The summed E-state index contributed by atoms with van der Waals surface area (Å²) in [5.74, 6) is -1.05. The number of hydrogen-bond donors (Lipinski definition) is 2. The zero-order valence-corrected chi connectivity index (χ0v) is 14.2. The fourth-order valence-electron chi connectivity index (χ4n) is 2.57. The number of nitrogens with one attached hydrogen (secondary N) is 1. The molecule has 0 saturated carbocycles. The van der Waals surface area contributed by atoms with E-state index in [9.17, 15) is 13.6 Å². The highest BCUT2D eigenvalue weighted by molar-refractivity contribution is 6.02. The molecule has 142 valence electrons. The van der Waals surface area contributed by atoms with Crippen molar-refractivity contribution in [1.29, 1.82) is 0 Å². The lowest BCUT2D eigenvalue weighted by atomic mass is 10.0. The van der Waals surface area contributed by atoms with Gasteiger partial charge in [-0.2, -0.15) is 0 Å². The van der Waals surface area contributed by atoms with Crippen molar-refractivity contribution in [2.24, 2.45) is 10.7 Å². The van der Waals surface area contributed by atoms with Gasteiger partial charge >= 0.3 is 0 Å². The summed E-state index contributed by atoms with van der Waals surface area (Å²) in [6, 6.07) is 3.67. The maximum absolute atomic E-state index is 14.3. The van der Waals surface area contributed by atoms with Crippen LogP contribution in [-0.4, -0.2) is 35.4 Å². The van der Waals surface area contributed by atoms with Gasteiger partial charge in [0.1, 0.15) is 11.5 Å². The molecule has 2 heterocycles. The standard InChI is InChI=1S/C17H17F2N5O3/c18-9-27-15-8-21-14(7-22-15)16(25)23-10-3-4-12(19)11(6-10)13-2-1-5-26-17(20)24-13/h3-4,6-8,13H,1-2,5,9H2,(H2,20,24)(H,23,25)/t13-/m0/s1. The molecule has 3 rings (SSSR count). The number of benzene rings is 1. The molecule has 3 N–H and O–H groups in total. The van der Waals surface area contributed by atoms with Crippen molar-refractivity contribution in [3.05, 3.63) is 47.7 Å². The van der Waals surface area contributed by atoms with Crippen LogP contribution in [0.5, 0.6) is 5.88 Å². The Morgan fingerprint density at radius 1 is 1.37 bits per heavy atom. The fraction of sp³-hybridized carbons (Fsp3) is 0.294. The molecule has 2 aromatic rings. The van der Waals surface area contributed by atoms with Gasteiger partial charge in [-0.1, -0.05) is 0 Å². The average molecular weight is 377 g/mol. The second-order valence-electron chi connectivity index (χ2n) is 5.66. The van der Waals surface area contributed by atoms with Crippen LogP contribution in [0.15, 0.2) is 35.6 Å².